The summed E-state index contributed by atoms with van der Waals surface area (Å²) in [6, 6.07) is 0. The van der Waals surface area contributed by atoms with Crippen molar-refractivity contribution in [2.24, 2.45) is 5.92 Å². The molecule has 2 rings (SSSR count). The molecule has 3 atom stereocenters. The smallest absolute Gasteiger partial charge is 0.134 e. The molecule has 2 saturated heterocycles. The molecule has 0 spiro atoms. The van der Waals surface area contributed by atoms with Gasteiger partial charge in [0.1, 0.15) is 6.10 Å². The van der Waals surface area contributed by atoms with Crippen molar-refractivity contribution in [3.63, 3.8) is 0 Å². The number of likely N-dealkylation sites (N-methyl/N-ethyl adjacent to an activating group) is 1. The third-order valence-electron chi connectivity index (χ3n) is 4.65. The number of likely N-dealkylation sites (tertiary alicyclic amines) is 2. The van der Waals surface area contributed by atoms with Gasteiger partial charge in [-0.05, 0) is 39.4 Å². The van der Waals surface area contributed by atoms with Crippen LogP contribution in [0.25, 0.3) is 0 Å². The van der Waals surface area contributed by atoms with Crippen molar-refractivity contribution in [2.45, 2.75) is 58.2 Å². The first-order chi connectivity index (χ1) is 12.0. The van der Waals surface area contributed by atoms with Gasteiger partial charge in [-0.2, -0.15) is 0 Å². The zero-order valence-electron chi connectivity index (χ0n) is 16.9. The Kier molecular flexibility index (Phi) is 11.4. The third-order valence-corrected chi connectivity index (χ3v) is 4.65. The van der Waals surface area contributed by atoms with E-state index in [0.717, 1.165) is 44.9 Å². The van der Waals surface area contributed by atoms with Crippen molar-refractivity contribution in [2.75, 3.05) is 53.5 Å². The first kappa shape index (κ1) is 22.4. The Morgan fingerprint density at radius 1 is 1.20 bits per heavy atom. The van der Waals surface area contributed by atoms with E-state index in [1.807, 2.05) is 7.05 Å². The molecule has 5 heteroatoms. The van der Waals surface area contributed by atoms with E-state index in [9.17, 15) is 5.11 Å². The fourth-order valence-corrected chi connectivity index (χ4v) is 3.57. The molecule has 0 aromatic rings. The van der Waals surface area contributed by atoms with Crippen molar-refractivity contribution in [3.05, 3.63) is 12.3 Å². The normalized spacial score (nSPS) is 26.4. The largest absolute Gasteiger partial charge is 0.491 e. The van der Waals surface area contributed by atoms with Gasteiger partial charge in [0.25, 0.3) is 0 Å². The molecular formula is C20H40N2O3. The molecule has 3 unspecified atom stereocenters. The monoisotopic (exact) mass is 356 g/mol. The van der Waals surface area contributed by atoms with Crippen LogP contribution in [0.1, 0.15) is 46.0 Å². The van der Waals surface area contributed by atoms with Gasteiger partial charge in [0.05, 0.1) is 18.5 Å². The average Bonchev–Trinajstić information content (AvgIpc) is 2.56. The van der Waals surface area contributed by atoms with Crippen LogP contribution in [-0.2, 0) is 9.47 Å². The molecule has 0 aromatic heterocycles. The second kappa shape index (κ2) is 12.7. The molecule has 0 bridgehead atoms. The lowest BCUT2D eigenvalue weighted by molar-refractivity contribution is -0.0158. The van der Waals surface area contributed by atoms with Crippen molar-refractivity contribution in [1.29, 1.82) is 0 Å². The van der Waals surface area contributed by atoms with Crippen LogP contribution in [0.15, 0.2) is 12.3 Å². The summed E-state index contributed by atoms with van der Waals surface area (Å²) in [7, 11) is 3.75. The molecule has 2 aliphatic heterocycles. The Morgan fingerprint density at radius 3 is 2.40 bits per heavy atom. The second-order valence-corrected chi connectivity index (χ2v) is 7.54. The quantitative estimate of drug-likeness (QED) is 0.711. The molecular weight excluding hydrogens is 316 g/mol. The van der Waals surface area contributed by atoms with Gasteiger partial charge in [-0.3, -0.25) is 4.90 Å². The van der Waals surface area contributed by atoms with Gasteiger partial charge >= 0.3 is 0 Å². The zero-order chi connectivity index (χ0) is 18.7. The van der Waals surface area contributed by atoms with Crippen LogP contribution in [0.3, 0.4) is 0 Å². The molecule has 0 aromatic carbocycles. The Morgan fingerprint density at radius 2 is 1.84 bits per heavy atom. The Balaban J connectivity index is 0.000000970. The number of ether oxygens (including phenoxy) is 2. The maximum absolute atomic E-state index is 9.93. The minimum atomic E-state index is -0.285. The van der Waals surface area contributed by atoms with Crippen LogP contribution in [0.4, 0.5) is 0 Å². The topological polar surface area (TPSA) is 45.2 Å². The fraction of sp³-hybridized carbons (Fsp3) is 0.900. The Labute approximate surface area is 155 Å². The number of piperidine rings is 2. The van der Waals surface area contributed by atoms with E-state index in [1.54, 1.807) is 7.11 Å². The van der Waals surface area contributed by atoms with Crippen LogP contribution in [0.2, 0.25) is 0 Å². The SMILES string of the molecule is C=C(OC(COC)CN1CCCCC1)C1CC(O)CN(C)C1.CCC. The summed E-state index contributed by atoms with van der Waals surface area (Å²) in [5.41, 5.74) is 0. The van der Waals surface area contributed by atoms with Crippen LogP contribution < -0.4 is 0 Å². The molecule has 5 nitrogen and oxygen atoms in total. The van der Waals surface area contributed by atoms with Gasteiger partial charge in [-0.25, -0.2) is 0 Å². The number of methoxy groups -OCH3 is 1. The standard InChI is InChI=1S/C17H32N2O3.C3H8/c1-14(15-9-16(20)11-18(2)10-15)22-17(13-21-3)12-19-7-5-4-6-8-19;1-3-2/h15-17,20H,1,4-13H2,2-3H3;3H2,1-2H3. The molecule has 25 heavy (non-hydrogen) atoms. The molecule has 1 N–H and O–H groups in total. The highest BCUT2D eigenvalue weighted by Crippen LogP contribution is 2.24. The fourth-order valence-electron chi connectivity index (χ4n) is 3.57. The molecule has 0 radical (unpaired) electrons. The Bertz CT molecular complexity index is 349. The summed E-state index contributed by atoms with van der Waals surface area (Å²) in [4.78, 5) is 4.60. The first-order valence-corrected chi connectivity index (χ1v) is 9.93. The predicted octanol–water partition coefficient (Wildman–Crippen LogP) is 2.75. The molecule has 0 amide bonds. The highest BCUT2D eigenvalue weighted by molar-refractivity contribution is 4.97. The van der Waals surface area contributed by atoms with Gasteiger partial charge in [-0.1, -0.05) is 33.3 Å². The maximum atomic E-state index is 9.93. The van der Waals surface area contributed by atoms with E-state index >= 15 is 0 Å². The summed E-state index contributed by atoms with van der Waals surface area (Å²) < 4.78 is 11.5. The molecule has 2 aliphatic rings. The molecule has 0 aliphatic carbocycles. The van der Waals surface area contributed by atoms with Crippen molar-refractivity contribution in [1.82, 2.24) is 9.80 Å². The van der Waals surface area contributed by atoms with E-state index in [-0.39, 0.29) is 18.1 Å². The molecule has 2 fully saturated rings. The highest BCUT2D eigenvalue weighted by atomic mass is 16.5. The average molecular weight is 357 g/mol. The van der Waals surface area contributed by atoms with E-state index in [1.165, 1.54) is 25.7 Å². The number of aliphatic hydroxyl groups is 1. The number of β-amino-alcohol motifs (C(OH)–C–C–N with tert-alkyl or cyclic N) is 1. The lowest BCUT2D eigenvalue weighted by atomic mass is 9.95. The van der Waals surface area contributed by atoms with Gasteiger partial charge in [0.2, 0.25) is 0 Å². The second-order valence-electron chi connectivity index (χ2n) is 7.54. The third kappa shape index (κ3) is 9.04. The van der Waals surface area contributed by atoms with Gasteiger partial charge < -0.3 is 19.5 Å². The summed E-state index contributed by atoms with van der Waals surface area (Å²) in [5, 5.41) is 9.93. The summed E-state index contributed by atoms with van der Waals surface area (Å²) in [6.45, 7) is 13.8. The minimum Gasteiger partial charge on any atom is -0.491 e. The van der Waals surface area contributed by atoms with Crippen LogP contribution in [-0.4, -0.2) is 80.6 Å². The van der Waals surface area contributed by atoms with Crippen molar-refractivity contribution < 1.29 is 14.6 Å². The van der Waals surface area contributed by atoms with Gasteiger partial charge in [0, 0.05) is 32.7 Å². The Hall–Kier alpha value is -0.620. The summed E-state index contributed by atoms with van der Waals surface area (Å²) in [5.74, 6) is 0.999. The highest BCUT2D eigenvalue weighted by Gasteiger charge is 2.28. The number of hydrogen-bond acceptors (Lipinski definition) is 5. The molecule has 2 heterocycles. The zero-order valence-corrected chi connectivity index (χ0v) is 16.9. The van der Waals surface area contributed by atoms with Gasteiger partial charge in [0.15, 0.2) is 0 Å². The van der Waals surface area contributed by atoms with E-state index in [4.69, 9.17) is 9.47 Å². The van der Waals surface area contributed by atoms with E-state index < -0.39 is 0 Å². The summed E-state index contributed by atoms with van der Waals surface area (Å²) in [6.07, 6.45) is 5.63. The maximum Gasteiger partial charge on any atom is 0.134 e. The molecule has 0 saturated carbocycles. The lowest BCUT2D eigenvalue weighted by Gasteiger charge is -2.36. The first-order valence-electron chi connectivity index (χ1n) is 9.93. The van der Waals surface area contributed by atoms with Crippen LogP contribution in [0, 0.1) is 5.92 Å². The lowest BCUT2D eigenvalue weighted by Crippen LogP contribution is -2.43. The van der Waals surface area contributed by atoms with Crippen molar-refractivity contribution >= 4 is 0 Å². The van der Waals surface area contributed by atoms with Crippen LogP contribution >= 0.6 is 0 Å². The van der Waals surface area contributed by atoms with Gasteiger partial charge in [-0.15, -0.1) is 0 Å². The summed E-state index contributed by atoms with van der Waals surface area (Å²) >= 11 is 0. The van der Waals surface area contributed by atoms with E-state index in [0.29, 0.717) is 6.61 Å². The minimum absolute atomic E-state index is 0.0278. The number of aliphatic hydroxyl groups excluding tert-OH is 1. The number of rotatable bonds is 7. The number of nitrogens with zero attached hydrogens (tertiary/aromatic N) is 2. The van der Waals surface area contributed by atoms with E-state index in [2.05, 4.69) is 30.2 Å². The van der Waals surface area contributed by atoms with Crippen LogP contribution in [0.5, 0.6) is 0 Å². The number of hydrogen-bond donors (Lipinski definition) is 1. The van der Waals surface area contributed by atoms with Crippen molar-refractivity contribution in [3.8, 4) is 0 Å². The predicted molar refractivity (Wildman–Crippen MR) is 104 cm³/mol. The molecule has 148 valence electrons.